The van der Waals surface area contributed by atoms with Gasteiger partial charge in [-0.1, -0.05) is 18.2 Å². The fraction of sp³-hybridized carbons (Fsp3) is 0.0909. The minimum atomic E-state index is -0.738. The smallest absolute Gasteiger partial charge is 0.244 e. The van der Waals surface area contributed by atoms with E-state index < -0.39 is 23.5 Å². The molecule has 1 amide bonds. The average Bonchev–Trinajstić information content (AvgIpc) is 2.68. The maximum atomic E-state index is 13.6. The third-order valence-corrected chi connectivity index (χ3v) is 4.18. The number of halogens is 3. The van der Waals surface area contributed by atoms with E-state index in [4.69, 9.17) is 0 Å². The number of amides is 1. The number of benzene rings is 2. The maximum Gasteiger partial charge on any atom is 0.244 e. The predicted octanol–water partition coefficient (Wildman–Crippen LogP) is 5.06. The number of carbonyl (C=O) groups excluding carboxylic acids is 1. The van der Waals surface area contributed by atoms with Gasteiger partial charge in [0.15, 0.2) is 0 Å². The van der Waals surface area contributed by atoms with Crippen molar-refractivity contribution in [3.8, 4) is 11.1 Å². The Morgan fingerprint density at radius 2 is 1.86 bits per heavy atom. The Balaban J connectivity index is 1.69. The van der Waals surface area contributed by atoms with Crippen molar-refractivity contribution < 1.29 is 18.0 Å². The molecule has 0 fully saturated rings. The minimum absolute atomic E-state index is 0.120. The Bertz CT molecular complexity index is 1020. The van der Waals surface area contributed by atoms with E-state index in [1.165, 1.54) is 30.5 Å². The Morgan fingerprint density at radius 3 is 2.57 bits per heavy atom. The predicted molar refractivity (Wildman–Crippen MR) is 102 cm³/mol. The van der Waals surface area contributed by atoms with Crippen LogP contribution in [0.25, 0.3) is 17.2 Å². The number of hydrogen-bond donors (Lipinski definition) is 1. The molecule has 1 N–H and O–H groups in total. The summed E-state index contributed by atoms with van der Waals surface area (Å²) in [5.74, 6) is -2.38. The van der Waals surface area contributed by atoms with E-state index in [0.717, 1.165) is 28.8 Å². The number of hydrogen-bond acceptors (Lipinski definition) is 2. The molecule has 1 aromatic heterocycles. The first-order valence-corrected chi connectivity index (χ1v) is 8.58. The van der Waals surface area contributed by atoms with E-state index in [2.05, 4.69) is 10.3 Å². The van der Waals surface area contributed by atoms with Crippen LogP contribution in [0.3, 0.4) is 0 Å². The molecular weight excluding hydrogens is 365 g/mol. The molecule has 3 rings (SSSR count). The molecule has 0 saturated heterocycles. The van der Waals surface area contributed by atoms with Crippen molar-refractivity contribution in [1.82, 2.24) is 10.3 Å². The van der Waals surface area contributed by atoms with Gasteiger partial charge in [-0.2, -0.15) is 4.39 Å². The van der Waals surface area contributed by atoms with Gasteiger partial charge in [-0.05, 0) is 54.5 Å². The molecule has 1 atom stereocenters. The van der Waals surface area contributed by atoms with E-state index in [1.807, 2.05) is 31.2 Å². The van der Waals surface area contributed by atoms with Gasteiger partial charge in [0.1, 0.15) is 11.6 Å². The standard InChI is InChI=1S/C22H17F3N2O/c1-14(27-22(28)10-7-15-5-8-19(23)12-20(15)24)16-3-2-4-17(11-16)18-6-9-21(25)26-13-18/h2-14H,1H3,(H,27,28). The van der Waals surface area contributed by atoms with Gasteiger partial charge in [0.05, 0.1) is 6.04 Å². The van der Waals surface area contributed by atoms with E-state index in [0.29, 0.717) is 0 Å². The van der Waals surface area contributed by atoms with Crippen LogP contribution in [0.4, 0.5) is 13.2 Å². The highest BCUT2D eigenvalue weighted by molar-refractivity contribution is 5.92. The number of pyridine rings is 1. The summed E-state index contributed by atoms with van der Waals surface area (Å²) in [6.45, 7) is 1.81. The topological polar surface area (TPSA) is 42.0 Å². The Kier molecular flexibility index (Phi) is 5.89. The van der Waals surface area contributed by atoms with Crippen molar-refractivity contribution >= 4 is 12.0 Å². The van der Waals surface area contributed by atoms with Crippen LogP contribution in [0.2, 0.25) is 0 Å². The molecule has 0 radical (unpaired) electrons. The van der Waals surface area contributed by atoms with Crippen molar-refractivity contribution in [2.75, 3.05) is 0 Å². The van der Waals surface area contributed by atoms with Crippen LogP contribution in [0.1, 0.15) is 24.1 Å². The van der Waals surface area contributed by atoms with E-state index >= 15 is 0 Å². The summed E-state index contributed by atoms with van der Waals surface area (Å²) in [5.41, 5.74) is 2.56. The minimum Gasteiger partial charge on any atom is -0.346 e. The highest BCUT2D eigenvalue weighted by Gasteiger charge is 2.10. The van der Waals surface area contributed by atoms with Crippen molar-refractivity contribution in [3.63, 3.8) is 0 Å². The largest absolute Gasteiger partial charge is 0.346 e. The lowest BCUT2D eigenvalue weighted by molar-refractivity contribution is -0.117. The van der Waals surface area contributed by atoms with Crippen LogP contribution in [0.15, 0.2) is 66.9 Å². The maximum absolute atomic E-state index is 13.6. The van der Waals surface area contributed by atoms with Crippen molar-refractivity contribution in [2.24, 2.45) is 0 Å². The van der Waals surface area contributed by atoms with Gasteiger partial charge >= 0.3 is 0 Å². The summed E-state index contributed by atoms with van der Waals surface area (Å²) in [5, 5.41) is 2.79. The normalized spacial score (nSPS) is 12.1. The van der Waals surface area contributed by atoms with Crippen molar-refractivity contribution in [1.29, 1.82) is 0 Å². The number of nitrogens with one attached hydrogen (secondary N) is 1. The summed E-state index contributed by atoms with van der Waals surface area (Å²) in [6.07, 6.45) is 3.93. The van der Waals surface area contributed by atoms with Gasteiger partial charge in [-0.25, -0.2) is 13.8 Å². The van der Waals surface area contributed by atoms with Crippen molar-refractivity contribution in [3.05, 3.63) is 95.6 Å². The van der Waals surface area contributed by atoms with Crippen LogP contribution in [-0.2, 0) is 4.79 Å². The summed E-state index contributed by atoms with van der Waals surface area (Å²) < 4.78 is 39.5. The van der Waals surface area contributed by atoms with Crippen LogP contribution < -0.4 is 5.32 Å². The molecule has 1 unspecified atom stereocenters. The second-order valence-corrected chi connectivity index (χ2v) is 6.22. The summed E-state index contributed by atoms with van der Waals surface area (Å²) in [4.78, 5) is 15.8. The number of carbonyl (C=O) groups is 1. The molecule has 0 aliphatic heterocycles. The SMILES string of the molecule is CC(NC(=O)C=Cc1ccc(F)cc1F)c1cccc(-c2ccc(F)nc2)c1. The highest BCUT2D eigenvalue weighted by Crippen LogP contribution is 2.23. The van der Waals surface area contributed by atoms with Gasteiger partial charge in [0.25, 0.3) is 0 Å². The third kappa shape index (κ3) is 4.85. The molecule has 6 heteroatoms. The van der Waals surface area contributed by atoms with Gasteiger partial charge < -0.3 is 5.32 Å². The molecule has 28 heavy (non-hydrogen) atoms. The van der Waals surface area contributed by atoms with E-state index in [9.17, 15) is 18.0 Å². The van der Waals surface area contributed by atoms with Gasteiger partial charge in [-0.15, -0.1) is 0 Å². The Hall–Kier alpha value is -3.41. The molecule has 0 bridgehead atoms. The zero-order valence-electron chi connectivity index (χ0n) is 15.0. The molecule has 0 aliphatic rings. The van der Waals surface area contributed by atoms with Crippen LogP contribution in [0, 0.1) is 17.6 Å². The lowest BCUT2D eigenvalue weighted by Gasteiger charge is -2.14. The number of nitrogens with zero attached hydrogens (tertiary/aromatic N) is 1. The lowest BCUT2D eigenvalue weighted by atomic mass is 10.0. The lowest BCUT2D eigenvalue weighted by Crippen LogP contribution is -2.24. The van der Waals surface area contributed by atoms with Gasteiger partial charge in [0, 0.05) is 29.5 Å². The zero-order chi connectivity index (χ0) is 20.1. The average molecular weight is 382 g/mol. The van der Waals surface area contributed by atoms with Crippen LogP contribution >= 0.6 is 0 Å². The fourth-order valence-corrected chi connectivity index (χ4v) is 2.68. The molecule has 3 aromatic rings. The molecule has 1 heterocycles. The molecule has 2 aromatic carbocycles. The molecular formula is C22H17F3N2O. The monoisotopic (exact) mass is 382 g/mol. The van der Waals surface area contributed by atoms with Gasteiger partial charge in [-0.3, -0.25) is 4.79 Å². The molecule has 0 spiro atoms. The number of rotatable bonds is 5. The first-order valence-electron chi connectivity index (χ1n) is 8.58. The third-order valence-electron chi connectivity index (χ3n) is 4.18. The van der Waals surface area contributed by atoms with Crippen LogP contribution in [0.5, 0.6) is 0 Å². The molecule has 0 saturated carbocycles. The summed E-state index contributed by atoms with van der Waals surface area (Å²) in [7, 11) is 0. The second-order valence-electron chi connectivity index (χ2n) is 6.22. The summed E-state index contributed by atoms with van der Waals surface area (Å²) >= 11 is 0. The van der Waals surface area contributed by atoms with Gasteiger partial charge in [0.2, 0.25) is 11.9 Å². The summed E-state index contributed by atoms with van der Waals surface area (Å²) in [6, 6.07) is 13.2. The molecule has 0 aliphatic carbocycles. The quantitative estimate of drug-likeness (QED) is 0.495. The zero-order valence-corrected chi connectivity index (χ0v) is 15.0. The first kappa shape index (κ1) is 19.4. The van der Waals surface area contributed by atoms with E-state index in [1.54, 1.807) is 6.07 Å². The second kappa shape index (κ2) is 8.52. The fourth-order valence-electron chi connectivity index (χ4n) is 2.68. The highest BCUT2D eigenvalue weighted by atomic mass is 19.1. The number of aromatic nitrogens is 1. The Morgan fingerprint density at radius 1 is 1.04 bits per heavy atom. The first-order chi connectivity index (χ1) is 13.4. The van der Waals surface area contributed by atoms with E-state index in [-0.39, 0.29) is 11.6 Å². The van der Waals surface area contributed by atoms with Crippen molar-refractivity contribution in [2.45, 2.75) is 13.0 Å². The molecule has 3 nitrogen and oxygen atoms in total. The van der Waals surface area contributed by atoms with Crippen LogP contribution in [-0.4, -0.2) is 10.9 Å². The molecule has 142 valence electrons. The Labute approximate surface area is 160 Å².